The molecular weight excluding hydrogens is 945 g/mol. The van der Waals surface area contributed by atoms with Crippen molar-refractivity contribution < 1.29 is 23.7 Å². The van der Waals surface area contributed by atoms with Crippen LogP contribution in [0.15, 0.2) is 65.3 Å². The van der Waals surface area contributed by atoms with Gasteiger partial charge in [0.1, 0.15) is 24.8 Å². The minimum absolute atomic E-state index is 0.145. The van der Waals surface area contributed by atoms with Crippen molar-refractivity contribution in [2.45, 2.75) is 64.6 Å². The van der Waals surface area contributed by atoms with E-state index < -0.39 is 13.2 Å². The van der Waals surface area contributed by atoms with Crippen molar-refractivity contribution in [3.8, 4) is 5.75 Å². The van der Waals surface area contributed by atoms with Crippen LogP contribution in [-0.2, 0) is 27.1 Å². The fraction of sp³-hybridized carbons (Fsp3) is 0.440. The summed E-state index contributed by atoms with van der Waals surface area (Å²) in [6, 6.07) is 17.8. The van der Waals surface area contributed by atoms with Gasteiger partial charge >= 0.3 is 0 Å². The number of piperidine rings is 2. The molecular formula is C50H61BrN11O5P. The van der Waals surface area contributed by atoms with Gasteiger partial charge in [-0.05, 0) is 104 Å². The van der Waals surface area contributed by atoms with Gasteiger partial charge in [0.15, 0.2) is 0 Å². The molecule has 0 saturated carbocycles. The highest BCUT2D eigenvalue weighted by atomic mass is 79.9. The van der Waals surface area contributed by atoms with Crippen LogP contribution in [0.2, 0.25) is 0 Å². The summed E-state index contributed by atoms with van der Waals surface area (Å²) in [6.07, 6.45) is 5.32. The van der Waals surface area contributed by atoms with Gasteiger partial charge in [-0.1, -0.05) is 19.1 Å². The van der Waals surface area contributed by atoms with Crippen LogP contribution in [0.5, 0.6) is 5.75 Å². The number of hydrogen-bond acceptors (Lipinski definition) is 14. The van der Waals surface area contributed by atoms with E-state index in [1.807, 2.05) is 43.3 Å². The zero-order valence-corrected chi connectivity index (χ0v) is 42.3. The standard InChI is InChI=1S/C50H61BrN11O5P/c1-7-32-27-40(55-50-52-29-37(51)47(57-50)54-39-14-13-38-35(12-11-31(2)53-38)46(39)68(5,6)66)44(67-4)28-43(32)61-19-17-33(18-20-61)60-25-23-59(24-26-60)22-21-58(3)41-10-8-9-34-36(41)30-62(49(34)65)42-15-16-45(63)56-48(42)64/h8-14,27-29,33,42H,7,15-26,30H2,1-6H3,(H,56,63,64)(H2,52,54,55,57). The van der Waals surface area contributed by atoms with Crippen LogP contribution < -0.4 is 35.8 Å². The number of ether oxygens (including phenoxy) is 1. The number of carbonyl (C=O) groups is 3. The molecule has 16 nitrogen and oxygen atoms in total. The number of benzene rings is 3. The summed E-state index contributed by atoms with van der Waals surface area (Å²) in [6.45, 7) is 15.8. The fourth-order valence-electron chi connectivity index (χ4n) is 10.4. The van der Waals surface area contributed by atoms with Gasteiger partial charge in [-0.3, -0.25) is 34.5 Å². The summed E-state index contributed by atoms with van der Waals surface area (Å²) < 4.78 is 20.3. The van der Waals surface area contributed by atoms with Gasteiger partial charge in [-0.2, -0.15) is 4.98 Å². The SMILES string of the molecule is CCc1cc(Nc2ncc(Br)c(Nc3ccc4nc(C)ccc4c3P(C)(C)=O)n2)c(OC)cc1N1CCC(N2CCN(CCN(C)c3cccc4c3CN(C3CCC(=O)NC3=O)C4=O)CC2)CC1. The molecule has 5 aromatic rings. The summed E-state index contributed by atoms with van der Waals surface area (Å²) >= 11 is 3.63. The van der Waals surface area contributed by atoms with Crippen LogP contribution in [0.25, 0.3) is 10.9 Å². The number of nitrogens with zero attached hydrogens (tertiary/aromatic N) is 8. The number of amides is 3. The molecule has 1 atom stereocenters. The lowest BCUT2D eigenvalue weighted by Crippen LogP contribution is -2.54. The molecule has 0 radical (unpaired) electrons. The molecule has 3 fully saturated rings. The Morgan fingerprint density at radius 3 is 2.44 bits per heavy atom. The molecule has 4 aliphatic rings. The average molecular weight is 1010 g/mol. The number of aryl methyl sites for hydroxylation is 2. The molecule has 0 aliphatic carbocycles. The molecule has 6 heterocycles. The van der Waals surface area contributed by atoms with E-state index >= 15 is 0 Å². The maximum absolute atomic E-state index is 13.7. The van der Waals surface area contributed by atoms with Crippen LogP contribution in [-0.4, -0.2) is 139 Å². The van der Waals surface area contributed by atoms with Crippen molar-refractivity contribution in [3.05, 3.63) is 87.7 Å². The smallest absolute Gasteiger partial charge is 0.255 e. The number of pyridine rings is 1. The summed E-state index contributed by atoms with van der Waals surface area (Å²) in [5, 5.41) is 10.8. The van der Waals surface area contributed by atoms with Gasteiger partial charge in [-0.25, -0.2) is 4.98 Å². The molecule has 18 heteroatoms. The summed E-state index contributed by atoms with van der Waals surface area (Å²) in [5.74, 6) is 0.821. The van der Waals surface area contributed by atoms with Crippen molar-refractivity contribution >= 4 is 91.5 Å². The Hall–Kier alpha value is -5.61. The lowest BCUT2D eigenvalue weighted by atomic mass is 9.99. The fourth-order valence-corrected chi connectivity index (χ4v) is 12.1. The number of fused-ring (bicyclic) bond motifs is 2. The highest BCUT2D eigenvalue weighted by molar-refractivity contribution is 9.10. The largest absolute Gasteiger partial charge is 0.494 e. The third-order valence-electron chi connectivity index (χ3n) is 14.0. The van der Waals surface area contributed by atoms with E-state index in [-0.39, 0.29) is 24.1 Å². The number of likely N-dealkylation sites (N-methyl/N-ethyl adjacent to an activating group) is 1. The number of aromatic nitrogens is 3. The van der Waals surface area contributed by atoms with Crippen molar-refractivity contribution in [1.82, 2.24) is 35.0 Å². The predicted molar refractivity (Wildman–Crippen MR) is 273 cm³/mol. The lowest BCUT2D eigenvalue weighted by molar-refractivity contribution is -0.136. The molecule has 68 heavy (non-hydrogen) atoms. The Morgan fingerprint density at radius 2 is 1.72 bits per heavy atom. The number of piperazine rings is 1. The van der Waals surface area contributed by atoms with Gasteiger partial charge in [0, 0.05) is 130 Å². The maximum atomic E-state index is 13.7. The summed E-state index contributed by atoms with van der Waals surface area (Å²) in [7, 11) is 1.04. The van der Waals surface area contributed by atoms with Crippen LogP contribution in [0, 0.1) is 6.92 Å². The normalized spacial score (nSPS) is 18.5. The van der Waals surface area contributed by atoms with E-state index in [4.69, 9.17) is 9.72 Å². The zero-order chi connectivity index (χ0) is 47.9. The monoisotopic (exact) mass is 1010 g/mol. The number of imide groups is 1. The van der Waals surface area contributed by atoms with Crippen LogP contribution in [0.1, 0.15) is 59.8 Å². The molecule has 3 amide bonds. The number of methoxy groups -OCH3 is 1. The van der Waals surface area contributed by atoms with E-state index in [1.54, 1.807) is 31.5 Å². The first kappa shape index (κ1) is 47.5. The van der Waals surface area contributed by atoms with E-state index in [0.717, 1.165) is 110 Å². The van der Waals surface area contributed by atoms with Gasteiger partial charge in [-0.15, -0.1) is 0 Å². The van der Waals surface area contributed by atoms with Gasteiger partial charge < -0.3 is 34.6 Å². The first-order chi connectivity index (χ1) is 32.7. The zero-order valence-electron chi connectivity index (χ0n) is 39.8. The van der Waals surface area contributed by atoms with Gasteiger partial charge in [0.05, 0.1) is 28.5 Å². The summed E-state index contributed by atoms with van der Waals surface area (Å²) in [4.78, 5) is 63.4. The van der Waals surface area contributed by atoms with E-state index in [1.165, 1.54) is 11.3 Å². The minimum atomic E-state index is -2.73. The second-order valence-electron chi connectivity index (χ2n) is 18.7. The highest BCUT2D eigenvalue weighted by Crippen LogP contribution is 2.43. The number of rotatable bonds is 14. The van der Waals surface area contributed by atoms with Crippen LogP contribution in [0.3, 0.4) is 0 Å². The van der Waals surface area contributed by atoms with Crippen molar-refractivity contribution in [1.29, 1.82) is 0 Å². The minimum Gasteiger partial charge on any atom is -0.494 e. The Balaban J connectivity index is 0.791. The van der Waals surface area contributed by atoms with E-state index in [9.17, 15) is 18.9 Å². The lowest BCUT2D eigenvalue weighted by Gasteiger charge is -2.44. The van der Waals surface area contributed by atoms with Crippen molar-refractivity contribution in [3.63, 3.8) is 0 Å². The third kappa shape index (κ3) is 9.81. The number of halogens is 1. The Kier molecular flexibility index (Phi) is 13.8. The molecule has 2 aromatic heterocycles. The Labute approximate surface area is 406 Å². The second kappa shape index (κ2) is 19.8. The molecule has 0 bridgehead atoms. The quantitative estimate of drug-likeness (QED) is 0.0778. The maximum Gasteiger partial charge on any atom is 0.255 e. The molecule has 3 saturated heterocycles. The summed E-state index contributed by atoms with van der Waals surface area (Å²) in [5.41, 5.74) is 8.19. The molecule has 9 rings (SSSR count). The first-order valence-electron chi connectivity index (χ1n) is 23.6. The Morgan fingerprint density at radius 1 is 0.941 bits per heavy atom. The number of carbonyl (C=O) groups excluding carboxylic acids is 3. The molecule has 358 valence electrons. The average Bonchev–Trinajstić information content (AvgIpc) is 3.66. The topological polar surface area (TPSA) is 168 Å². The van der Waals surface area contributed by atoms with Gasteiger partial charge in [0.2, 0.25) is 17.8 Å². The Bertz CT molecular complexity index is 2810. The first-order valence-corrected chi connectivity index (χ1v) is 27.0. The van der Waals surface area contributed by atoms with E-state index in [0.29, 0.717) is 52.2 Å². The highest BCUT2D eigenvalue weighted by Gasteiger charge is 2.40. The van der Waals surface area contributed by atoms with Crippen LogP contribution >= 0.6 is 23.1 Å². The number of anilines is 6. The van der Waals surface area contributed by atoms with Crippen molar-refractivity contribution in [2.24, 2.45) is 0 Å². The number of hydrogen-bond donors (Lipinski definition) is 3. The molecule has 4 aliphatic heterocycles. The molecule has 3 N–H and O–H groups in total. The van der Waals surface area contributed by atoms with E-state index in [2.05, 4.69) is 93.6 Å². The molecule has 1 unspecified atom stereocenters. The second-order valence-corrected chi connectivity index (χ2v) is 22.7. The van der Waals surface area contributed by atoms with Crippen LogP contribution in [0.4, 0.5) is 34.5 Å². The predicted octanol–water partition coefficient (Wildman–Crippen LogP) is 6.89. The van der Waals surface area contributed by atoms with Gasteiger partial charge in [0.25, 0.3) is 5.91 Å². The number of nitrogens with one attached hydrogen (secondary N) is 3. The molecule has 3 aromatic carbocycles. The van der Waals surface area contributed by atoms with Crippen molar-refractivity contribution in [2.75, 3.05) is 100 Å². The molecule has 0 spiro atoms. The third-order valence-corrected chi connectivity index (χ3v) is 16.1.